The van der Waals surface area contributed by atoms with Gasteiger partial charge in [-0.2, -0.15) is 13.5 Å². The number of fused-ring (bicyclic) bond motifs is 1. The predicted molar refractivity (Wildman–Crippen MR) is 69.4 cm³/mol. The van der Waals surface area contributed by atoms with E-state index >= 15 is 0 Å². The van der Waals surface area contributed by atoms with Crippen LogP contribution >= 0.6 is 11.6 Å². The van der Waals surface area contributed by atoms with E-state index in [0.29, 0.717) is 5.39 Å². The van der Waals surface area contributed by atoms with Gasteiger partial charge < -0.3 is 0 Å². The Labute approximate surface area is 113 Å². The largest absolute Gasteiger partial charge is 0.284 e. The molecule has 6 nitrogen and oxygen atoms in total. The topological polar surface area (TPSA) is 77.7 Å². The van der Waals surface area contributed by atoms with E-state index in [2.05, 4.69) is 15.1 Å². The molecule has 0 unspecified atom stereocenters. The highest BCUT2D eigenvalue weighted by atomic mass is 35.5. The molecular formula is C11H7ClN4O2S. The lowest BCUT2D eigenvalue weighted by Gasteiger charge is -2.04. The SMILES string of the molecule is O=S(=O)(c1ccccc1)n1ncc2c(Cl)ncnc21. The van der Waals surface area contributed by atoms with Gasteiger partial charge in [-0.25, -0.2) is 9.97 Å². The molecule has 3 aromatic rings. The average molecular weight is 295 g/mol. The van der Waals surface area contributed by atoms with Gasteiger partial charge in [-0.1, -0.05) is 29.8 Å². The third-order valence-electron chi connectivity index (χ3n) is 2.56. The summed E-state index contributed by atoms with van der Waals surface area (Å²) in [5.41, 5.74) is 0.156. The predicted octanol–water partition coefficient (Wildman–Crippen LogP) is 1.72. The minimum absolute atomic E-state index is 0.134. The van der Waals surface area contributed by atoms with Gasteiger partial charge in [-0.3, -0.25) is 0 Å². The normalized spacial score (nSPS) is 11.8. The van der Waals surface area contributed by atoms with Crippen LogP contribution in [0.4, 0.5) is 0 Å². The van der Waals surface area contributed by atoms with Crippen LogP contribution in [0.25, 0.3) is 11.0 Å². The fourth-order valence-electron chi connectivity index (χ4n) is 1.66. The van der Waals surface area contributed by atoms with Crippen molar-refractivity contribution in [2.45, 2.75) is 4.90 Å². The van der Waals surface area contributed by atoms with Crippen LogP contribution in [0.5, 0.6) is 0 Å². The van der Waals surface area contributed by atoms with E-state index < -0.39 is 10.0 Å². The van der Waals surface area contributed by atoms with Gasteiger partial charge in [-0.15, -0.1) is 4.09 Å². The molecule has 8 heteroatoms. The van der Waals surface area contributed by atoms with Crippen LogP contribution in [-0.2, 0) is 10.0 Å². The highest BCUT2D eigenvalue weighted by Crippen LogP contribution is 2.22. The summed E-state index contributed by atoms with van der Waals surface area (Å²) in [7, 11) is -3.78. The van der Waals surface area contributed by atoms with Crippen LogP contribution in [0, 0.1) is 0 Å². The molecule has 0 N–H and O–H groups in total. The molecule has 3 rings (SSSR count). The molecule has 0 saturated carbocycles. The van der Waals surface area contributed by atoms with Gasteiger partial charge in [-0.05, 0) is 12.1 Å². The highest BCUT2D eigenvalue weighted by Gasteiger charge is 2.21. The molecule has 96 valence electrons. The highest BCUT2D eigenvalue weighted by molar-refractivity contribution is 7.90. The second kappa shape index (κ2) is 4.29. The van der Waals surface area contributed by atoms with Crippen molar-refractivity contribution in [1.29, 1.82) is 0 Å². The molecule has 0 radical (unpaired) electrons. The van der Waals surface area contributed by atoms with E-state index in [0.717, 1.165) is 4.09 Å². The number of nitrogens with zero attached hydrogens (tertiary/aromatic N) is 4. The third kappa shape index (κ3) is 1.87. The lowest BCUT2D eigenvalue weighted by molar-refractivity contribution is 0.582. The van der Waals surface area contributed by atoms with Crippen LogP contribution in [0.15, 0.2) is 47.8 Å². The zero-order chi connectivity index (χ0) is 13.5. The Morgan fingerprint density at radius 1 is 1.11 bits per heavy atom. The Hall–Kier alpha value is -1.99. The van der Waals surface area contributed by atoms with E-state index in [-0.39, 0.29) is 15.7 Å². The molecule has 0 amide bonds. The molecule has 0 fully saturated rings. The lowest BCUT2D eigenvalue weighted by atomic mass is 10.4. The summed E-state index contributed by atoms with van der Waals surface area (Å²) in [6.45, 7) is 0. The molecule has 2 heterocycles. The van der Waals surface area contributed by atoms with Crippen molar-refractivity contribution in [3.63, 3.8) is 0 Å². The van der Waals surface area contributed by atoms with Gasteiger partial charge in [0.2, 0.25) is 0 Å². The molecule has 0 bridgehead atoms. The first-order valence-corrected chi connectivity index (χ1v) is 7.07. The fourth-order valence-corrected chi connectivity index (χ4v) is 3.08. The standard InChI is InChI=1S/C11H7ClN4O2S/c12-10-9-6-15-16(11(9)14-7-13-10)19(17,18)8-4-2-1-3-5-8/h1-7H. The van der Waals surface area contributed by atoms with E-state index in [9.17, 15) is 8.42 Å². The van der Waals surface area contributed by atoms with Gasteiger partial charge in [0.25, 0.3) is 10.0 Å². The maximum Gasteiger partial charge on any atom is 0.284 e. The first-order valence-electron chi connectivity index (χ1n) is 5.25. The van der Waals surface area contributed by atoms with Crippen LogP contribution in [-0.4, -0.2) is 27.6 Å². The number of hydrogen-bond donors (Lipinski definition) is 0. The summed E-state index contributed by atoms with van der Waals surface area (Å²) in [5.74, 6) is 0. The van der Waals surface area contributed by atoms with Crippen molar-refractivity contribution in [2.24, 2.45) is 0 Å². The van der Waals surface area contributed by atoms with Gasteiger partial charge in [0.15, 0.2) is 5.65 Å². The molecule has 0 aliphatic rings. The summed E-state index contributed by atoms with van der Waals surface area (Å²) < 4.78 is 25.7. The lowest BCUT2D eigenvalue weighted by Crippen LogP contribution is -2.14. The van der Waals surface area contributed by atoms with Crippen molar-refractivity contribution < 1.29 is 8.42 Å². The summed E-state index contributed by atoms with van der Waals surface area (Å²) >= 11 is 5.87. The fraction of sp³-hybridized carbons (Fsp3) is 0. The van der Waals surface area contributed by atoms with Gasteiger partial charge in [0.05, 0.1) is 16.5 Å². The molecule has 1 aromatic carbocycles. The molecule has 19 heavy (non-hydrogen) atoms. The summed E-state index contributed by atoms with van der Waals surface area (Å²) in [5, 5.41) is 4.40. The summed E-state index contributed by atoms with van der Waals surface area (Å²) in [6.07, 6.45) is 2.53. The van der Waals surface area contributed by atoms with Crippen molar-refractivity contribution >= 4 is 32.7 Å². The van der Waals surface area contributed by atoms with Crippen LogP contribution in [0.1, 0.15) is 0 Å². The Morgan fingerprint density at radius 3 is 2.58 bits per heavy atom. The Kier molecular flexibility index (Phi) is 2.72. The number of aromatic nitrogens is 4. The zero-order valence-electron chi connectivity index (χ0n) is 9.43. The Balaban J connectivity index is 2.29. The minimum atomic E-state index is -3.78. The Bertz CT molecular complexity index is 846. The number of hydrogen-bond acceptors (Lipinski definition) is 5. The molecule has 0 aliphatic carbocycles. The molecule has 0 saturated heterocycles. The van der Waals surface area contributed by atoms with Crippen LogP contribution < -0.4 is 0 Å². The van der Waals surface area contributed by atoms with E-state index in [4.69, 9.17) is 11.6 Å². The minimum Gasteiger partial charge on any atom is -0.224 e. The van der Waals surface area contributed by atoms with E-state index in [1.165, 1.54) is 24.7 Å². The number of rotatable bonds is 2. The molecular weight excluding hydrogens is 288 g/mol. The maximum atomic E-state index is 12.4. The van der Waals surface area contributed by atoms with Crippen molar-refractivity contribution in [1.82, 2.24) is 19.2 Å². The quantitative estimate of drug-likeness (QED) is 0.672. The number of benzene rings is 1. The number of halogens is 1. The summed E-state index contributed by atoms with van der Waals surface area (Å²) in [4.78, 5) is 7.84. The van der Waals surface area contributed by atoms with Gasteiger partial charge in [0.1, 0.15) is 11.5 Å². The second-order valence-electron chi connectivity index (χ2n) is 3.71. The second-order valence-corrected chi connectivity index (χ2v) is 5.83. The maximum absolute atomic E-state index is 12.4. The monoisotopic (exact) mass is 294 g/mol. The molecule has 0 atom stereocenters. The molecule has 0 spiro atoms. The van der Waals surface area contributed by atoms with Crippen molar-refractivity contribution in [2.75, 3.05) is 0 Å². The molecule has 2 aromatic heterocycles. The van der Waals surface area contributed by atoms with Gasteiger partial charge in [0, 0.05) is 0 Å². The first kappa shape index (κ1) is 12.1. The zero-order valence-corrected chi connectivity index (χ0v) is 11.0. The average Bonchev–Trinajstić information content (AvgIpc) is 2.86. The van der Waals surface area contributed by atoms with Crippen molar-refractivity contribution in [3.05, 3.63) is 48.0 Å². The first-order chi connectivity index (χ1) is 9.10. The van der Waals surface area contributed by atoms with E-state index in [1.807, 2.05) is 0 Å². The molecule has 0 aliphatic heterocycles. The van der Waals surface area contributed by atoms with E-state index in [1.54, 1.807) is 18.2 Å². The third-order valence-corrected chi connectivity index (χ3v) is 4.45. The van der Waals surface area contributed by atoms with Crippen LogP contribution in [0.3, 0.4) is 0 Å². The smallest absolute Gasteiger partial charge is 0.224 e. The van der Waals surface area contributed by atoms with Crippen LogP contribution in [0.2, 0.25) is 5.15 Å². The summed E-state index contributed by atoms with van der Waals surface area (Å²) in [6, 6.07) is 8.00. The van der Waals surface area contributed by atoms with Gasteiger partial charge >= 0.3 is 0 Å². The van der Waals surface area contributed by atoms with Crippen molar-refractivity contribution in [3.8, 4) is 0 Å². The Morgan fingerprint density at radius 2 is 1.84 bits per heavy atom.